The van der Waals surface area contributed by atoms with E-state index in [0.29, 0.717) is 18.7 Å². The van der Waals surface area contributed by atoms with Gasteiger partial charge < -0.3 is 20.5 Å². The number of amides is 2. The lowest BCUT2D eigenvalue weighted by molar-refractivity contribution is -0.116. The van der Waals surface area contributed by atoms with Crippen LogP contribution in [0.1, 0.15) is 40.2 Å². The van der Waals surface area contributed by atoms with Crippen LogP contribution in [0.15, 0.2) is 72.8 Å². The van der Waals surface area contributed by atoms with Crippen molar-refractivity contribution in [2.24, 2.45) is 0 Å². The van der Waals surface area contributed by atoms with Gasteiger partial charge in [-0.1, -0.05) is 48.5 Å². The number of carboxylic acids is 1. The van der Waals surface area contributed by atoms with Crippen molar-refractivity contribution in [1.82, 2.24) is 5.32 Å². The SMILES string of the molecule is O=C(CCCNC(=O)OCC1c2ccccc2-c2ccccc21)Nc1ccc(C(=O)O)cc1. The average Bonchev–Trinajstić information content (AvgIpc) is 3.14. The summed E-state index contributed by atoms with van der Waals surface area (Å²) in [4.78, 5) is 35.1. The molecule has 0 saturated carbocycles. The largest absolute Gasteiger partial charge is 0.478 e. The maximum atomic E-state index is 12.2. The Labute approximate surface area is 191 Å². The van der Waals surface area contributed by atoms with Crippen molar-refractivity contribution < 1.29 is 24.2 Å². The Balaban J connectivity index is 1.20. The van der Waals surface area contributed by atoms with Gasteiger partial charge in [-0.05, 0) is 52.9 Å². The highest BCUT2D eigenvalue weighted by Crippen LogP contribution is 2.44. The first-order valence-corrected chi connectivity index (χ1v) is 10.7. The molecule has 2 amide bonds. The van der Waals surface area contributed by atoms with Crippen LogP contribution in [-0.2, 0) is 9.53 Å². The molecule has 7 nitrogen and oxygen atoms in total. The van der Waals surface area contributed by atoms with Crippen molar-refractivity contribution in [3.8, 4) is 11.1 Å². The van der Waals surface area contributed by atoms with Gasteiger partial charge in [0.2, 0.25) is 5.91 Å². The molecular weight excluding hydrogens is 420 g/mol. The van der Waals surface area contributed by atoms with Crippen LogP contribution in [0.3, 0.4) is 0 Å². The van der Waals surface area contributed by atoms with Crippen molar-refractivity contribution in [3.05, 3.63) is 89.5 Å². The number of carbonyl (C=O) groups is 3. The topological polar surface area (TPSA) is 105 Å². The van der Waals surface area contributed by atoms with E-state index in [1.807, 2.05) is 24.3 Å². The molecular formula is C26H24N2O5. The number of hydrogen-bond donors (Lipinski definition) is 3. The van der Waals surface area contributed by atoms with Gasteiger partial charge in [0, 0.05) is 24.6 Å². The van der Waals surface area contributed by atoms with Crippen LogP contribution < -0.4 is 10.6 Å². The Morgan fingerprint density at radius 2 is 1.45 bits per heavy atom. The molecule has 0 atom stereocenters. The van der Waals surface area contributed by atoms with Crippen LogP contribution in [0.5, 0.6) is 0 Å². The maximum absolute atomic E-state index is 12.2. The van der Waals surface area contributed by atoms with Gasteiger partial charge in [0.15, 0.2) is 0 Å². The fraction of sp³-hybridized carbons (Fsp3) is 0.192. The standard InChI is InChI=1S/C26H24N2O5/c29-24(28-18-13-11-17(12-14-18)25(30)31)10-5-15-27-26(32)33-16-23-21-8-3-1-6-19(21)20-7-2-4-9-22(20)23/h1-4,6-9,11-14,23H,5,10,15-16H2,(H,27,32)(H,28,29)(H,30,31). The number of hydrogen-bond acceptors (Lipinski definition) is 4. The number of rotatable bonds is 8. The predicted octanol–water partition coefficient (Wildman–Crippen LogP) is 4.64. The summed E-state index contributed by atoms with van der Waals surface area (Å²) in [6, 6.07) is 22.2. The Morgan fingerprint density at radius 1 is 0.848 bits per heavy atom. The summed E-state index contributed by atoms with van der Waals surface area (Å²) in [7, 11) is 0. The molecule has 3 N–H and O–H groups in total. The molecule has 168 valence electrons. The summed E-state index contributed by atoms with van der Waals surface area (Å²) in [5, 5.41) is 14.3. The van der Waals surface area contributed by atoms with E-state index in [4.69, 9.17) is 9.84 Å². The van der Waals surface area contributed by atoms with Crippen molar-refractivity contribution in [2.45, 2.75) is 18.8 Å². The molecule has 0 aliphatic heterocycles. The van der Waals surface area contributed by atoms with Gasteiger partial charge in [-0.25, -0.2) is 9.59 Å². The molecule has 0 radical (unpaired) electrons. The molecule has 0 unspecified atom stereocenters. The minimum atomic E-state index is -1.02. The normalized spacial score (nSPS) is 11.9. The van der Waals surface area contributed by atoms with Gasteiger partial charge in [-0.15, -0.1) is 0 Å². The second kappa shape index (κ2) is 9.99. The van der Waals surface area contributed by atoms with Crippen molar-refractivity contribution in [2.75, 3.05) is 18.5 Å². The molecule has 0 spiro atoms. The average molecular weight is 444 g/mol. The molecule has 0 bridgehead atoms. The smallest absolute Gasteiger partial charge is 0.407 e. The fourth-order valence-corrected chi connectivity index (χ4v) is 4.01. The van der Waals surface area contributed by atoms with Crippen LogP contribution in [0.4, 0.5) is 10.5 Å². The molecule has 0 heterocycles. The second-order valence-electron chi connectivity index (χ2n) is 7.79. The van der Waals surface area contributed by atoms with Crippen molar-refractivity contribution >= 4 is 23.7 Å². The number of aromatic carboxylic acids is 1. The molecule has 7 heteroatoms. The quantitative estimate of drug-likeness (QED) is 0.439. The van der Waals surface area contributed by atoms with Crippen molar-refractivity contribution in [1.29, 1.82) is 0 Å². The molecule has 3 aromatic carbocycles. The number of alkyl carbamates (subject to hydrolysis) is 1. The van der Waals surface area contributed by atoms with Gasteiger partial charge in [-0.2, -0.15) is 0 Å². The summed E-state index contributed by atoms with van der Waals surface area (Å²) >= 11 is 0. The van der Waals surface area contributed by atoms with E-state index < -0.39 is 12.1 Å². The number of carboxylic acid groups (broad SMARTS) is 1. The minimum absolute atomic E-state index is 0.00134. The number of benzene rings is 3. The van der Waals surface area contributed by atoms with Gasteiger partial charge in [-0.3, -0.25) is 4.79 Å². The molecule has 0 saturated heterocycles. The Morgan fingerprint density at radius 3 is 2.06 bits per heavy atom. The third-order valence-corrected chi connectivity index (χ3v) is 5.61. The zero-order valence-corrected chi connectivity index (χ0v) is 17.9. The summed E-state index contributed by atoms with van der Waals surface area (Å²) in [6.07, 6.45) is 0.148. The predicted molar refractivity (Wildman–Crippen MR) is 124 cm³/mol. The first-order valence-electron chi connectivity index (χ1n) is 10.7. The summed E-state index contributed by atoms with van der Waals surface area (Å²) in [5.74, 6) is -1.24. The van der Waals surface area contributed by atoms with E-state index in [0.717, 1.165) is 11.1 Å². The minimum Gasteiger partial charge on any atom is -0.478 e. The lowest BCUT2D eigenvalue weighted by Gasteiger charge is -2.14. The molecule has 0 aromatic heterocycles. The zero-order chi connectivity index (χ0) is 23.2. The van der Waals surface area contributed by atoms with Crippen LogP contribution in [-0.4, -0.2) is 36.2 Å². The second-order valence-corrected chi connectivity index (χ2v) is 7.79. The van der Waals surface area contributed by atoms with E-state index in [9.17, 15) is 14.4 Å². The monoisotopic (exact) mass is 444 g/mol. The highest BCUT2D eigenvalue weighted by Gasteiger charge is 2.28. The van der Waals surface area contributed by atoms with Gasteiger partial charge in [0.05, 0.1) is 5.56 Å². The van der Waals surface area contributed by atoms with Crippen molar-refractivity contribution in [3.63, 3.8) is 0 Å². The maximum Gasteiger partial charge on any atom is 0.407 e. The first kappa shape index (κ1) is 22.1. The lowest BCUT2D eigenvalue weighted by Crippen LogP contribution is -2.27. The van der Waals surface area contributed by atoms with E-state index in [1.54, 1.807) is 0 Å². The van der Waals surface area contributed by atoms with E-state index in [1.165, 1.54) is 35.4 Å². The van der Waals surface area contributed by atoms with E-state index in [2.05, 4.69) is 34.9 Å². The summed E-state index contributed by atoms with van der Waals surface area (Å²) in [5.41, 5.74) is 5.32. The Kier molecular flexibility index (Phi) is 6.69. The Hall–Kier alpha value is -4.13. The number of fused-ring (bicyclic) bond motifs is 3. The number of carbonyl (C=O) groups excluding carboxylic acids is 2. The summed E-state index contributed by atoms with van der Waals surface area (Å²) < 4.78 is 5.47. The number of ether oxygens (including phenoxy) is 1. The molecule has 4 rings (SSSR count). The van der Waals surface area contributed by atoms with Gasteiger partial charge in [0.1, 0.15) is 6.61 Å². The Bertz CT molecular complexity index is 1130. The highest BCUT2D eigenvalue weighted by atomic mass is 16.5. The molecule has 1 aliphatic carbocycles. The molecule has 3 aromatic rings. The van der Waals surface area contributed by atoms with Crippen LogP contribution in [0, 0.1) is 0 Å². The molecule has 33 heavy (non-hydrogen) atoms. The fourth-order valence-electron chi connectivity index (χ4n) is 4.01. The van der Waals surface area contributed by atoms with Crippen LogP contribution in [0.2, 0.25) is 0 Å². The van der Waals surface area contributed by atoms with E-state index in [-0.39, 0.29) is 30.4 Å². The lowest BCUT2D eigenvalue weighted by atomic mass is 9.98. The molecule has 0 fully saturated rings. The van der Waals surface area contributed by atoms with Crippen LogP contribution >= 0.6 is 0 Å². The first-order chi connectivity index (χ1) is 16.0. The number of nitrogens with one attached hydrogen (secondary N) is 2. The third-order valence-electron chi connectivity index (χ3n) is 5.61. The summed E-state index contributed by atoms with van der Waals surface area (Å²) in [6.45, 7) is 0.550. The highest BCUT2D eigenvalue weighted by molar-refractivity contribution is 5.92. The zero-order valence-electron chi connectivity index (χ0n) is 17.9. The van der Waals surface area contributed by atoms with E-state index >= 15 is 0 Å². The third kappa shape index (κ3) is 5.20. The van der Waals surface area contributed by atoms with Gasteiger partial charge in [0.25, 0.3) is 0 Å². The van der Waals surface area contributed by atoms with Crippen LogP contribution in [0.25, 0.3) is 11.1 Å². The van der Waals surface area contributed by atoms with Gasteiger partial charge >= 0.3 is 12.1 Å². The molecule has 1 aliphatic rings. The number of anilines is 1.